The molecule has 1 fully saturated rings. The van der Waals surface area contributed by atoms with Crippen molar-refractivity contribution in [2.45, 2.75) is 51.6 Å². The predicted octanol–water partition coefficient (Wildman–Crippen LogP) is 2.58. The molecule has 0 heterocycles. The van der Waals surface area contributed by atoms with E-state index in [-0.39, 0.29) is 12.1 Å². The van der Waals surface area contributed by atoms with Gasteiger partial charge in [0, 0.05) is 18.0 Å². The summed E-state index contributed by atoms with van der Waals surface area (Å²) in [6.07, 6.45) is 3.27. The van der Waals surface area contributed by atoms with E-state index >= 15 is 0 Å². The first-order valence-corrected chi connectivity index (χ1v) is 7.10. The Hall–Kier alpha value is -1.06. The highest BCUT2D eigenvalue weighted by atomic mass is 16.5. The van der Waals surface area contributed by atoms with E-state index in [0.29, 0.717) is 12.6 Å². The van der Waals surface area contributed by atoms with Gasteiger partial charge in [0.15, 0.2) is 0 Å². The summed E-state index contributed by atoms with van der Waals surface area (Å²) >= 11 is 0. The van der Waals surface area contributed by atoms with Gasteiger partial charge in [-0.05, 0) is 56.9 Å². The molecule has 0 aliphatic heterocycles. The summed E-state index contributed by atoms with van der Waals surface area (Å²) < 4.78 is 5.82. The van der Waals surface area contributed by atoms with Crippen molar-refractivity contribution < 1.29 is 9.84 Å². The molecule has 1 atom stereocenters. The molecule has 1 aliphatic carbocycles. The van der Waals surface area contributed by atoms with Gasteiger partial charge in [-0.1, -0.05) is 6.07 Å². The number of rotatable bonds is 7. The van der Waals surface area contributed by atoms with Crippen molar-refractivity contribution >= 4 is 0 Å². The third-order valence-electron chi connectivity index (χ3n) is 3.60. The fraction of sp³-hybridized carbons (Fsp3) is 0.625. The van der Waals surface area contributed by atoms with Crippen LogP contribution in [0.3, 0.4) is 0 Å². The molecule has 0 amide bonds. The van der Waals surface area contributed by atoms with Crippen LogP contribution in [0.15, 0.2) is 18.2 Å². The van der Waals surface area contributed by atoms with E-state index in [1.165, 1.54) is 24.0 Å². The first-order valence-electron chi connectivity index (χ1n) is 7.10. The minimum atomic E-state index is -0.222. The second kappa shape index (κ2) is 5.93. The van der Waals surface area contributed by atoms with Crippen LogP contribution in [0.25, 0.3) is 0 Å². The number of ether oxygens (including phenoxy) is 1. The van der Waals surface area contributed by atoms with Gasteiger partial charge in [0.1, 0.15) is 5.75 Å². The van der Waals surface area contributed by atoms with Crippen LogP contribution in [0.5, 0.6) is 5.75 Å². The van der Waals surface area contributed by atoms with Gasteiger partial charge in [-0.3, -0.25) is 0 Å². The highest BCUT2D eigenvalue weighted by Crippen LogP contribution is 2.24. The molecule has 106 valence electrons. The standard InChI is InChI=1S/C16H25NO2/c1-12-8-13(2)10-15(9-12)19-7-6-16(3,11-18)17-14-4-5-14/h8-10,14,17-18H,4-7,11H2,1-3H3. The predicted molar refractivity (Wildman–Crippen MR) is 77.7 cm³/mol. The van der Waals surface area contributed by atoms with Gasteiger partial charge < -0.3 is 15.2 Å². The summed E-state index contributed by atoms with van der Waals surface area (Å²) in [5, 5.41) is 13.0. The van der Waals surface area contributed by atoms with Crippen LogP contribution in [0.1, 0.15) is 37.3 Å². The lowest BCUT2D eigenvalue weighted by molar-refractivity contribution is 0.142. The zero-order valence-corrected chi connectivity index (χ0v) is 12.2. The van der Waals surface area contributed by atoms with E-state index < -0.39 is 0 Å². The Morgan fingerprint density at radius 2 is 1.89 bits per heavy atom. The van der Waals surface area contributed by atoms with Gasteiger partial charge in [-0.15, -0.1) is 0 Å². The summed E-state index contributed by atoms with van der Waals surface area (Å²) in [7, 11) is 0. The average Bonchev–Trinajstić information content (AvgIpc) is 3.11. The van der Waals surface area contributed by atoms with Gasteiger partial charge in [0.25, 0.3) is 0 Å². The zero-order valence-electron chi connectivity index (χ0n) is 12.2. The minimum Gasteiger partial charge on any atom is -0.494 e. The van der Waals surface area contributed by atoms with Crippen LogP contribution in [0, 0.1) is 13.8 Å². The number of aliphatic hydroxyl groups excluding tert-OH is 1. The molecule has 3 nitrogen and oxygen atoms in total. The zero-order chi connectivity index (χ0) is 13.9. The van der Waals surface area contributed by atoms with Crippen molar-refractivity contribution in [2.75, 3.05) is 13.2 Å². The first kappa shape index (κ1) is 14.4. The molecule has 0 aromatic heterocycles. The highest BCUT2D eigenvalue weighted by molar-refractivity contribution is 5.32. The molecule has 0 radical (unpaired) electrons. The summed E-state index contributed by atoms with van der Waals surface area (Å²) in [5.41, 5.74) is 2.21. The monoisotopic (exact) mass is 263 g/mol. The van der Waals surface area contributed by atoms with Crippen LogP contribution in [-0.4, -0.2) is 29.9 Å². The van der Waals surface area contributed by atoms with E-state index in [2.05, 4.69) is 44.3 Å². The molecule has 0 saturated heterocycles. The molecule has 1 saturated carbocycles. The minimum absolute atomic E-state index is 0.152. The lowest BCUT2D eigenvalue weighted by atomic mass is 9.99. The van der Waals surface area contributed by atoms with E-state index in [4.69, 9.17) is 4.74 Å². The molecular weight excluding hydrogens is 238 g/mol. The Morgan fingerprint density at radius 3 is 2.42 bits per heavy atom. The van der Waals surface area contributed by atoms with Crippen LogP contribution in [-0.2, 0) is 0 Å². The van der Waals surface area contributed by atoms with E-state index in [9.17, 15) is 5.11 Å². The normalized spacial score (nSPS) is 18.1. The molecule has 1 aromatic rings. The Morgan fingerprint density at radius 1 is 1.26 bits per heavy atom. The molecule has 2 N–H and O–H groups in total. The van der Waals surface area contributed by atoms with E-state index in [1.807, 2.05) is 0 Å². The third kappa shape index (κ3) is 4.51. The second-order valence-electron chi connectivity index (χ2n) is 6.06. The third-order valence-corrected chi connectivity index (χ3v) is 3.60. The molecule has 1 aliphatic rings. The first-order chi connectivity index (χ1) is 9.00. The SMILES string of the molecule is Cc1cc(C)cc(OCCC(C)(CO)NC2CC2)c1. The lowest BCUT2D eigenvalue weighted by Crippen LogP contribution is -2.48. The number of hydrogen-bond acceptors (Lipinski definition) is 3. The maximum Gasteiger partial charge on any atom is 0.119 e. The number of aliphatic hydroxyl groups is 1. The smallest absolute Gasteiger partial charge is 0.119 e. The molecule has 1 unspecified atom stereocenters. The summed E-state index contributed by atoms with van der Waals surface area (Å²) in [5.74, 6) is 0.921. The number of benzene rings is 1. The fourth-order valence-corrected chi connectivity index (χ4v) is 2.33. The Kier molecular flexibility index (Phi) is 4.48. The maximum atomic E-state index is 9.53. The summed E-state index contributed by atoms with van der Waals surface area (Å²) in [6.45, 7) is 6.99. The van der Waals surface area contributed by atoms with Crippen molar-refractivity contribution in [1.82, 2.24) is 5.32 Å². The van der Waals surface area contributed by atoms with Crippen LogP contribution >= 0.6 is 0 Å². The van der Waals surface area contributed by atoms with Crippen molar-refractivity contribution in [3.8, 4) is 5.75 Å². The van der Waals surface area contributed by atoms with E-state index in [0.717, 1.165) is 12.2 Å². The Labute approximate surface area is 116 Å². The van der Waals surface area contributed by atoms with Gasteiger partial charge in [-0.25, -0.2) is 0 Å². The molecular formula is C16H25NO2. The molecule has 1 aromatic carbocycles. The Bertz CT molecular complexity index is 409. The summed E-state index contributed by atoms with van der Waals surface area (Å²) in [4.78, 5) is 0. The van der Waals surface area contributed by atoms with Crippen molar-refractivity contribution in [3.63, 3.8) is 0 Å². The quantitative estimate of drug-likeness (QED) is 0.794. The molecule has 0 bridgehead atoms. The van der Waals surface area contributed by atoms with Gasteiger partial charge in [0.2, 0.25) is 0 Å². The van der Waals surface area contributed by atoms with Crippen LogP contribution in [0.4, 0.5) is 0 Å². The van der Waals surface area contributed by atoms with Crippen molar-refractivity contribution in [1.29, 1.82) is 0 Å². The van der Waals surface area contributed by atoms with Crippen molar-refractivity contribution in [3.05, 3.63) is 29.3 Å². The fourth-order valence-electron chi connectivity index (χ4n) is 2.33. The molecule has 3 heteroatoms. The van der Waals surface area contributed by atoms with Gasteiger partial charge in [-0.2, -0.15) is 0 Å². The molecule has 19 heavy (non-hydrogen) atoms. The van der Waals surface area contributed by atoms with Crippen LogP contribution < -0.4 is 10.1 Å². The lowest BCUT2D eigenvalue weighted by Gasteiger charge is -2.29. The average molecular weight is 263 g/mol. The maximum absolute atomic E-state index is 9.53. The summed E-state index contributed by atoms with van der Waals surface area (Å²) in [6, 6.07) is 6.84. The Balaban J connectivity index is 1.83. The number of nitrogens with one attached hydrogen (secondary N) is 1. The molecule has 0 spiro atoms. The van der Waals surface area contributed by atoms with Crippen LogP contribution in [0.2, 0.25) is 0 Å². The highest BCUT2D eigenvalue weighted by Gasteiger charge is 2.31. The van der Waals surface area contributed by atoms with Gasteiger partial charge in [0.05, 0.1) is 13.2 Å². The van der Waals surface area contributed by atoms with Gasteiger partial charge >= 0.3 is 0 Å². The van der Waals surface area contributed by atoms with Crippen molar-refractivity contribution in [2.24, 2.45) is 0 Å². The number of aryl methyl sites for hydroxylation is 2. The largest absolute Gasteiger partial charge is 0.494 e. The number of hydrogen-bond donors (Lipinski definition) is 2. The second-order valence-corrected chi connectivity index (χ2v) is 6.06. The topological polar surface area (TPSA) is 41.5 Å². The molecule has 2 rings (SSSR count). The van der Waals surface area contributed by atoms with E-state index in [1.54, 1.807) is 0 Å².